The van der Waals surface area contributed by atoms with Gasteiger partial charge < -0.3 is 4.74 Å². The van der Waals surface area contributed by atoms with E-state index in [-0.39, 0.29) is 10.6 Å². The molecule has 3 rings (SSSR count). The van der Waals surface area contributed by atoms with Crippen LogP contribution in [0.2, 0.25) is 0 Å². The number of nitrogens with zero attached hydrogens (tertiary/aromatic N) is 3. The predicted molar refractivity (Wildman–Crippen MR) is 132 cm³/mol. The van der Waals surface area contributed by atoms with Gasteiger partial charge >= 0.3 is 0 Å². The van der Waals surface area contributed by atoms with Crippen molar-refractivity contribution in [2.45, 2.75) is 18.7 Å². The number of nitro groups is 1. The Hall–Kier alpha value is -4.25. The first-order chi connectivity index (χ1) is 16.7. The van der Waals surface area contributed by atoms with Gasteiger partial charge in [0.05, 0.1) is 27.8 Å². The molecule has 1 amide bonds. The van der Waals surface area contributed by atoms with Crippen LogP contribution in [0, 0.1) is 10.1 Å². The zero-order chi connectivity index (χ0) is 25.4. The predicted octanol–water partition coefficient (Wildman–Crippen LogP) is 3.73. The van der Waals surface area contributed by atoms with E-state index in [4.69, 9.17) is 4.74 Å². The zero-order valence-corrected chi connectivity index (χ0v) is 19.9. The summed E-state index contributed by atoms with van der Waals surface area (Å²) in [5, 5.41) is 14.8. The van der Waals surface area contributed by atoms with Crippen LogP contribution in [0.25, 0.3) is 0 Å². The highest BCUT2D eigenvalue weighted by Gasteiger charge is 2.27. The first-order valence-corrected chi connectivity index (χ1v) is 12.0. The van der Waals surface area contributed by atoms with E-state index in [1.807, 2.05) is 6.92 Å². The van der Waals surface area contributed by atoms with Crippen molar-refractivity contribution < 1.29 is 22.9 Å². The first kappa shape index (κ1) is 25.4. The van der Waals surface area contributed by atoms with Crippen LogP contribution >= 0.6 is 0 Å². The van der Waals surface area contributed by atoms with Crippen LogP contribution in [0.4, 0.5) is 11.4 Å². The molecule has 0 unspecified atom stereocenters. The van der Waals surface area contributed by atoms with Crippen molar-refractivity contribution in [2.75, 3.05) is 17.5 Å². The Morgan fingerprint density at radius 1 is 1.03 bits per heavy atom. The molecular formula is C24H24N4O6S. The Balaban J connectivity index is 1.81. The van der Waals surface area contributed by atoms with Crippen molar-refractivity contribution in [1.82, 2.24) is 5.43 Å². The minimum absolute atomic E-state index is 0.00293. The number of ether oxygens (including phenoxy) is 1. The molecule has 0 aromatic heterocycles. The molecule has 3 aromatic rings. The molecule has 3 aromatic carbocycles. The molecule has 0 atom stereocenters. The maximum Gasteiger partial charge on any atom is 0.269 e. The summed E-state index contributed by atoms with van der Waals surface area (Å²) in [5.41, 5.74) is 3.57. The van der Waals surface area contributed by atoms with Gasteiger partial charge in [-0.3, -0.25) is 19.2 Å². The molecule has 0 radical (unpaired) electrons. The number of para-hydroxylation sites is 1. The minimum Gasteiger partial charge on any atom is -0.494 e. The normalized spacial score (nSPS) is 11.5. The maximum atomic E-state index is 13.4. The summed E-state index contributed by atoms with van der Waals surface area (Å²) in [4.78, 5) is 23.0. The number of sulfonamides is 1. The smallest absolute Gasteiger partial charge is 0.269 e. The van der Waals surface area contributed by atoms with Crippen molar-refractivity contribution in [2.24, 2.45) is 5.10 Å². The van der Waals surface area contributed by atoms with E-state index in [1.54, 1.807) is 49.4 Å². The molecule has 1 N–H and O–H groups in total. The molecule has 0 aliphatic carbocycles. The number of carbonyl (C=O) groups excluding carboxylic acids is 1. The van der Waals surface area contributed by atoms with Gasteiger partial charge in [-0.05, 0) is 67.9 Å². The second-order valence-corrected chi connectivity index (χ2v) is 9.15. The SMILES string of the molecule is CCOc1ccc(S(=O)(=O)N(CC(=O)N/N=C(\C)c2ccc([N+](=O)[O-])cc2)c2ccccc2)cc1. The number of nitrogens with one attached hydrogen (secondary N) is 1. The molecule has 0 heterocycles. The third-order valence-electron chi connectivity index (χ3n) is 4.90. The number of nitro benzene ring substituents is 1. The number of hydrogen-bond donors (Lipinski definition) is 1. The second kappa shape index (κ2) is 11.3. The van der Waals surface area contributed by atoms with Gasteiger partial charge in [0.25, 0.3) is 21.6 Å². The number of amides is 1. The fourth-order valence-corrected chi connectivity index (χ4v) is 4.53. The molecule has 0 aliphatic rings. The molecule has 0 aliphatic heterocycles. The van der Waals surface area contributed by atoms with E-state index in [0.717, 1.165) is 4.31 Å². The third-order valence-corrected chi connectivity index (χ3v) is 6.69. The summed E-state index contributed by atoms with van der Waals surface area (Å²) >= 11 is 0. The van der Waals surface area contributed by atoms with Gasteiger partial charge in [0.1, 0.15) is 12.3 Å². The Kier molecular flexibility index (Phi) is 8.16. The van der Waals surface area contributed by atoms with Gasteiger partial charge in [0.2, 0.25) is 0 Å². The maximum absolute atomic E-state index is 13.4. The number of hydrogen-bond acceptors (Lipinski definition) is 7. The lowest BCUT2D eigenvalue weighted by atomic mass is 10.1. The van der Waals surface area contributed by atoms with E-state index >= 15 is 0 Å². The zero-order valence-electron chi connectivity index (χ0n) is 19.1. The lowest BCUT2D eigenvalue weighted by Crippen LogP contribution is -2.39. The molecule has 0 spiro atoms. The highest BCUT2D eigenvalue weighted by Crippen LogP contribution is 2.25. The Morgan fingerprint density at radius 2 is 1.66 bits per heavy atom. The molecule has 0 saturated heterocycles. The lowest BCUT2D eigenvalue weighted by Gasteiger charge is -2.23. The quantitative estimate of drug-likeness (QED) is 0.258. The molecule has 0 saturated carbocycles. The molecule has 0 bridgehead atoms. The molecule has 0 fully saturated rings. The topological polar surface area (TPSA) is 131 Å². The van der Waals surface area contributed by atoms with Crippen LogP contribution in [0.1, 0.15) is 19.4 Å². The van der Waals surface area contributed by atoms with Crippen LogP contribution in [-0.2, 0) is 14.8 Å². The number of hydrazone groups is 1. The number of non-ortho nitro benzene ring substituents is 1. The van der Waals surface area contributed by atoms with Gasteiger partial charge in [-0.15, -0.1) is 0 Å². The summed E-state index contributed by atoms with van der Waals surface area (Å²) in [5.74, 6) is -0.129. The monoisotopic (exact) mass is 496 g/mol. The van der Waals surface area contributed by atoms with Gasteiger partial charge in [0.15, 0.2) is 0 Å². The highest BCUT2D eigenvalue weighted by atomic mass is 32.2. The highest BCUT2D eigenvalue weighted by molar-refractivity contribution is 7.92. The Morgan fingerprint density at radius 3 is 2.23 bits per heavy atom. The Bertz CT molecular complexity index is 1310. The summed E-state index contributed by atoms with van der Waals surface area (Å²) < 4.78 is 33.2. The van der Waals surface area contributed by atoms with E-state index in [0.29, 0.717) is 29.3 Å². The van der Waals surface area contributed by atoms with Crippen LogP contribution in [0.5, 0.6) is 5.75 Å². The number of benzene rings is 3. The van der Waals surface area contributed by atoms with Gasteiger partial charge in [0, 0.05) is 12.1 Å². The fourth-order valence-electron chi connectivity index (χ4n) is 3.11. The summed E-state index contributed by atoms with van der Waals surface area (Å²) in [6.45, 7) is 3.37. The van der Waals surface area contributed by atoms with Gasteiger partial charge in [-0.1, -0.05) is 18.2 Å². The van der Waals surface area contributed by atoms with Gasteiger partial charge in [-0.2, -0.15) is 5.10 Å². The third kappa shape index (κ3) is 6.42. The Labute approximate surface area is 203 Å². The van der Waals surface area contributed by atoms with Crippen molar-refractivity contribution in [3.8, 4) is 5.75 Å². The van der Waals surface area contributed by atoms with Gasteiger partial charge in [-0.25, -0.2) is 13.8 Å². The lowest BCUT2D eigenvalue weighted by molar-refractivity contribution is -0.384. The second-order valence-electron chi connectivity index (χ2n) is 7.29. The fraction of sp³-hybridized carbons (Fsp3) is 0.167. The van der Waals surface area contributed by atoms with Crippen molar-refractivity contribution in [3.05, 3.63) is 94.5 Å². The van der Waals surface area contributed by atoms with E-state index in [2.05, 4.69) is 10.5 Å². The molecule has 35 heavy (non-hydrogen) atoms. The summed E-state index contributed by atoms with van der Waals surface area (Å²) in [6, 6.07) is 19.9. The van der Waals surface area contributed by atoms with Crippen LogP contribution < -0.4 is 14.5 Å². The average molecular weight is 497 g/mol. The summed E-state index contributed by atoms with van der Waals surface area (Å²) in [6.07, 6.45) is 0. The van der Waals surface area contributed by atoms with Crippen LogP contribution in [0.15, 0.2) is 88.9 Å². The number of anilines is 1. The standard InChI is InChI=1S/C24H24N4O6S/c1-3-34-22-13-15-23(16-14-22)35(32,33)27(20-7-5-4-6-8-20)17-24(29)26-25-18(2)19-9-11-21(12-10-19)28(30)31/h4-16H,3,17H2,1-2H3,(H,26,29)/b25-18+. The summed E-state index contributed by atoms with van der Waals surface area (Å²) in [7, 11) is -4.08. The molecule has 182 valence electrons. The van der Waals surface area contributed by atoms with Crippen molar-refractivity contribution >= 4 is 33.0 Å². The first-order valence-electron chi connectivity index (χ1n) is 10.6. The number of rotatable bonds is 10. The average Bonchev–Trinajstić information content (AvgIpc) is 2.87. The van der Waals surface area contributed by atoms with Crippen molar-refractivity contribution in [1.29, 1.82) is 0 Å². The van der Waals surface area contributed by atoms with Crippen LogP contribution in [-0.4, -0.2) is 38.1 Å². The molecular weight excluding hydrogens is 472 g/mol. The van der Waals surface area contributed by atoms with Crippen LogP contribution in [0.3, 0.4) is 0 Å². The largest absolute Gasteiger partial charge is 0.494 e. The minimum atomic E-state index is -4.08. The van der Waals surface area contributed by atoms with E-state index < -0.39 is 27.4 Å². The molecule has 10 nitrogen and oxygen atoms in total. The molecule has 11 heteroatoms. The van der Waals surface area contributed by atoms with E-state index in [9.17, 15) is 23.3 Å². The number of carbonyl (C=O) groups is 1. The van der Waals surface area contributed by atoms with E-state index in [1.165, 1.54) is 36.4 Å². The van der Waals surface area contributed by atoms with Crippen molar-refractivity contribution in [3.63, 3.8) is 0 Å².